The highest BCUT2D eigenvalue weighted by atomic mass is 79.9. The van der Waals surface area contributed by atoms with Crippen molar-refractivity contribution in [3.63, 3.8) is 0 Å². The van der Waals surface area contributed by atoms with Crippen molar-refractivity contribution in [3.05, 3.63) is 71.2 Å². The zero-order chi connectivity index (χ0) is 14.7. The number of anilines is 1. The second-order valence-electron chi connectivity index (χ2n) is 4.81. The Balaban J connectivity index is 1.82. The molecule has 0 fully saturated rings. The molecular weight excluding hydrogens is 328 g/mol. The van der Waals surface area contributed by atoms with Crippen LogP contribution in [-0.4, -0.2) is 14.8 Å². The Hall–Kier alpha value is -2.14. The fourth-order valence-electron chi connectivity index (χ4n) is 2.24. The summed E-state index contributed by atoms with van der Waals surface area (Å²) in [6, 6.07) is 16.6. The Morgan fingerprint density at radius 3 is 2.57 bits per heavy atom. The van der Waals surface area contributed by atoms with E-state index in [0.717, 1.165) is 15.8 Å². The number of hydrogen-bond acceptors (Lipinski definition) is 3. The van der Waals surface area contributed by atoms with Crippen molar-refractivity contribution in [2.24, 2.45) is 0 Å². The van der Waals surface area contributed by atoms with E-state index in [9.17, 15) is 0 Å². The van der Waals surface area contributed by atoms with Gasteiger partial charge in [-0.05, 0) is 36.8 Å². The molecule has 1 atom stereocenters. The van der Waals surface area contributed by atoms with Gasteiger partial charge in [0.15, 0.2) is 0 Å². The molecule has 3 rings (SSSR count). The van der Waals surface area contributed by atoms with Crippen LogP contribution in [0.3, 0.4) is 0 Å². The third kappa shape index (κ3) is 3.13. The molecule has 1 aromatic heterocycles. The standard InChI is InChI=1S/C16H15BrN4/c1-12(15-7-2-3-8-16(15)17)20-13-5-4-6-14(9-13)21-10-18-19-11-21/h2-12,20H,1H3. The molecule has 5 heteroatoms. The summed E-state index contributed by atoms with van der Waals surface area (Å²) in [6.07, 6.45) is 3.38. The predicted octanol–water partition coefficient (Wildman–Crippen LogP) is 4.20. The molecule has 0 saturated heterocycles. The van der Waals surface area contributed by atoms with Gasteiger partial charge in [0.1, 0.15) is 12.7 Å². The average Bonchev–Trinajstić information content (AvgIpc) is 3.02. The maximum Gasteiger partial charge on any atom is 0.123 e. The van der Waals surface area contributed by atoms with Crippen LogP contribution in [0.2, 0.25) is 0 Å². The minimum atomic E-state index is 0.205. The Morgan fingerprint density at radius 1 is 1.05 bits per heavy atom. The van der Waals surface area contributed by atoms with Gasteiger partial charge < -0.3 is 5.32 Å². The molecule has 0 aliphatic carbocycles. The Morgan fingerprint density at radius 2 is 1.81 bits per heavy atom. The minimum absolute atomic E-state index is 0.205. The fourth-order valence-corrected chi connectivity index (χ4v) is 2.87. The first kappa shape index (κ1) is 13.8. The van der Waals surface area contributed by atoms with Crippen molar-refractivity contribution >= 4 is 21.6 Å². The van der Waals surface area contributed by atoms with Gasteiger partial charge >= 0.3 is 0 Å². The second-order valence-corrected chi connectivity index (χ2v) is 5.66. The van der Waals surface area contributed by atoms with Gasteiger partial charge in [0, 0.05) is 16.2 Å². The Labute approximate surface area is 132 Å². The molecular formula is C16H15BrN4. The topological polar surface area (TPSA) is 42.7 Å². The van der Waals surface area contributed by atoms with Crippen LogP contribution < -0.4 is 5.32 Å². The summed E-state index contributed by atoms with van der Waals surface area (Å²) >= 11 is 3.60. The molecule has 1 N–H and O–H groups in total. The van der Waals surface area contributed by atoms with E-state index in [0.29, 0.717) is 0 Å². The van der Waals surface area contributed by atoms with Crippen LogP contribution >= 0.6 is 15.9 Å². The van der Waals surface area contributed by atoms with Crippen molar-refractivity contribution < 1.29 is 0 Å². The third-order valence-electron chi connectivity index (χ3n) is 3.32. The first-order valence-corrected chi connectivity index (χ1v) is 7.49. The predicted molar refractivity (Wildman–Crippen MR) is 87.5 cm³/mol. The summed E-state index contributed by atoms with van der Waals surface area (Å²) in [5.74, 6) is 0. The van der Waals surface area contributed by atoms with Crippen molar-refractivity contribution in [2.75, 3.05) is 5.32 Å². The van der Waals surface area contributed by atoms with Crippen LogP contribution in [0, 0.1) is 0 Å². The van der Waals surface area contributed by atoms with Crippen LogP contribution in [0.15, 0.2) is 65.7 Å². The normalized spacial score (nSPS) is 12.1. The number of hydrogen-bond donors (Lipinski definition) is 1. The third-order valence-corrected chi connectivity index (χ3v) is 4.04. The molecule has 0 bridgehead atoms. The summed E-state index contributed by atoms with van der Waals surface area (Å²) in [4.78, 5) is 0. The highest BCUT2D eigenvalue weighted by Crippen LogP contribution is 2.26. The minimum Gasteiger partial charge on any atom is -0.378 e. The molecule has 21 heavy (non-hydrogen) atoms. The summed E-state index contributed by atoms with van der Waals surface area (Å²) < 4.78 is 2.99. The molecule has 0 radical (unpaired) electrons. The zero-order valence-corrected chi connectivity index (χ0v) is 13.2. The van der Waals surface area contributed by atoms with E-state index < -0.39 is 0 Å². The van der Waals surface area contributed by atoms with E-state index >= 15 is 0 Å². The van der Waals surface area contributed by atoms with Gasteiger partial charge in [0.2, 0.25) is 0 Å². The zero-order valence-electron chi connectivity index (χ0n) is 11.6. The lowest BCUT2D eigenvalue weighted by molar-refractivity contribution is 0.878. The van der Waals surface area contributed by atoms with E-state index in [-0.39, 0.29) is 6.04 Å². The van der Waals surface area contributed by atoms with E-state index in [1.54, 1.807) is 12.7 Å². The van der Waals surface area contributed by atoms with Gasteiger partial charge in [-0.25, -0.2) is 0 Å². The molecule has 2 aromatic carbocycles. The quantitative estimate of drug-likeness (QED) is 0.772. The lowest BCUT2D eigenvalue weighted by Crippen LogP contribution is -2.07. The van der Waals surface area contributed by atoms with Gasteiger partial charge in [0.25, 0.3) is 0 Å². The molecule has 3 aromatic rings. The molecule has 4 nitrogen and oxygen atoms in total. The summed E-state index contributed by atoms with van der Waals surface area (Å²) in [5.41, 5.74) is 3.32. The molecule has 0 saturated carbocycles. The number of aromatic nitrogens is 3. The second kappa shape index (κ2) is 6.10. The molecule has 0 spiro atoms. The molecule has 0 aliphatic rings. The number of benzene rings is 2. The smallest absolute Gasteiger partial charge is 0.123 e. The van der Waals surface area contributed by atoms with Crippen molar-refractivity contribution in [2.45, 2.75) is 13.0 Å². The molecule has 1 heterocycles. The fraction of sp³-hybridized carbons (Fsp3) is 0.125. The number of nitrogens with one attached hydrogen (secondary N) is 1. The highest BCUT2D eigenvalue weighted by molar-refractivity contribution is 9.10. The van der Waals surface area contributed by atoms with Gasteiger partial charge in [-0.1, -0.05) is 40.2 Å². The Bertz CT molecular complexity index is 725. The lowest BCUT2D eigenvalue weighted by Gasteiger charge is -2.17. The van der Waals surface area contributed by atoms with Gasteiger partial charge in [-0.3, -0.25) is 4.57 Å². The molecule has 0 aliphatic heterocycles. The summed E-state index contributed by atoms with van der Waals surface area (Å²) in [6.45, 7) is 2.14. The monoisotopic (exact) mass is 342 g/mol. The number of rotatable bonds is 4. The molecule has 106 valence electrons. The maximum absolute atomic E-state index is 3.83. The van der Waals surface area contributed by atoms with E-state index in [2.05, 4.69) is 62.6 Å². The van der Waals surface area contributed by atoms with E-state index in [1.807, 2.05) is 28.8 Å². The Kier molecular flexibility index (Phi) is 4.01. The van der Waals surface area contributed by atoms with Gasteiger partial charge in [-0.15, -0.1) is 10.2 Å². The average molecular weight is 343 g/mol. The van der Waals surface area contributed by atoms with Crippen LogP contribution in [0.5, 0.6) is 0 Å². The SMILES string of the molecule is CC(Nc1cccc(-n2cnnc2)c1)c1ccccc1Br. The van der Waals surface area contributed by atoms with Gasteiger partial charge in [0.05, 0.1) is 5.69 Å². The first-order valence-electron chi connectivity index (χ1n) is 6.70. The summed E-state index contributed by atoms with van der Waals surface area (Å²) in [5, 5.41) is 11.2. The largest absolute Gasteiger partial charge is 0.378 e. The number of nitrogens with zero attached hydrogens (tertiary/aromatic N) is 3. The van der Waals surface area contributed by atoms with E-state index in [1.165, 1.54) is 5.56 Å². The molecule has 1 unspecified atom stereocenters. The van der Waals surface area contributed by atoms with Crippen LogP contribution in [0.4, 0.5) is 5.69 Å². The van der Waals surface area contributed by atoms with E-state index in [4.69, 9.17) is 0 Å². The van der Waals surface area contributed by atoms with Crippen LogP contribution in [0.1, 0.15) is 18.5 Å². The lowest BCUT2D eigenvalue weighted by atomic mass is 10.1. The first-order chi connectivity index (χ1) is 10.2. The molecule has 0 amide bonds. The van der Waals surface area contributed by atoms with Gasteiger partial charge in [-0.2, -0.15) is 0 Å². The maximum atomic E-state index is 3.83. The highest BCUT2D eigenvalue weighted by Gasteiger charge is 2.09. The summed E-state index contributed by atoms with van der Waals surface area (Å²) in [7, 11) is 0. The van der Waals surface area contributed by atoms with Crippen LogP contribution in [-0.2, 0) is 0 Å². The number of halogens is 1. The van der Waals surface area contributed by atoms with Crippen molar-refractivity contribution in [3.8, 4) is 5.69 Å². The van der Waals surface area contributed by atoms with Crippen LogP contribution in [0.25, 0.3) is 5.69 Å². The van der Waals surface area contributed by atoms with Crippen molar-refractivity contribution in [1.29, 1.82) is 0 Å². The van der Waals surface area contributed by atoms with Crippen molar-refractivity contribution in [1.82, 2.24) is 14.8 Å².